The zero-order chi connectivity index (χ0) is 68.5. The van der Waals surface area contributed by atoms with Crippen molar-refractivity contribution in [3.05, 3.63) is 239 Å². The van der Waals surface area contributed by atoms with E-state index in [2.05, 4.69) is 0 Å². The molecule has 108 heavy (non-hydrogen) atoms. The molecule has 18 nitrogen and oxygen atoms in total. The van der Waals surface area contributed by atoms with Crippen molar-refractivity contribution in [2.75, 3.05) is 0 Å². The van der Waals surface area contributed by atoms with Gasteiger partial charge in [0.25, 0.3) is 0 Å². The minimum atomic E-state index is -1.18. The van der Waals surface area contributed by atoms with E-state index >= 15 is 0 Å². The van der Waals surface area contributed by atoms with Gasteiger partial charge in [-0.3, -0.25) is 0 Å². The van der Waals surface area contributed by atoms with Gasteiger partial charge >= 0.3 is 961 Å². The average molecular weight is 2160 g/mol. The molecule has 0 saturated heterocycles. The normalized spacial score (nSPS) is 9.06. The molecule has 6 aromatic rings. The fourth-order valence-corrected chi connectivity index (χ4v) is 7.59. The molecular formula is C60H30Cl12K18N6O12+18. The first-order valence-electron chi connectivity index (χ1n) is 23.1. The van der Waals surface area contributed by atoms with Crippen molar-refractivity contribution >= 4 is 208 Å². The number of carbonyl (C=O) groups is 6. The van der Waals surface area contributed by atoms with Gasteiger partial charge in [-0.15, -0.1) is 0 Å². The Kier molecular flexibility index (Phi) is 164. The van der Waals surface area contributed by atoms with Gasteiger partial charge in [0.2, 0.25) is 0 Å². The summed E-state index contributed by atoms with van der Waals surface area (Å²) >= 11 is 68.5. The van der Waals surface area contributed by atoms with E-state index < -0.39 is 35.8 Å². The molecule has 456 valence electrons. The summed E-state index contributed by atoms with van der Waals surface area (Å²) in [4.78, 5) is 62.4. The summed E-state index contributed by atoms with van der Waals surface area (Å²) in [6, 6.07) is 37.6. The number of hydrogen-bond donors (Lipinski definition) is 6. The van der Waals surface area contributed by atoms with Gasteiger partial charge in [-0.2, -0.15) is 31.6 Å². The van der Waals surface area contributed by atoms with Crippen molar-refractivity contribution in [2.24, 2.45) is 0 Å². The molecule has 6 rings (SSSR count). The Hall–Kier alpha value is 20.5. The third-order valence-corrected chi connectivity index (χ3v) is 14.1. The smallest absolute Gasteiger partial charge is 0.478 e. The first-order chi connectivity index (χ1) is 42.2. The Morgan fingerprint density at radius 3 is 0.361 bits per heavy atom. The van der Waals surface area contributed by atoms with Crippen molar-refractivity contribution in [2.45, 2.75) is 0 Å². The second kappa shape index (κ2) is 103. The van der Waals surface area contributed by atoms with E-state index in [-0.39, 0.29) is 988 Å². The van der Waals surface area contributed by atoms with Crippen LogP contribution in [0.5, 0.6) is 0 Å². The molecule has 0 amide bonds. The Morgan fingerprint density at radius 1 is 0.204 bits per heavy atom. The maximum atomic E-state index is 10.4. The molecule has 0 aliphatic rings. The molecule has 0 aromatic heterocycles. The van der Waals surface area contributed by atoms with Crippen LogP contribution in [0.3, 0.4) is 0 Å². The Labute approximate surface area is 1450 Å². The number of benzene rings is 6. The van der Waals surface area contributed by atoms with Gasteiger partial charge in [-0.25, -0.2) is 28.8 Å². The van der Waals surface area contributed by atoms with Gasteiger partial charge < -0.3 is 30.6 Å². The third kappa shape index (κ3) is 79.3. The minimum Gasteiger partial charge on any atom is -0.478 e. The van der Waals surface area contributed by atoms with E-state index in [1.807, 2.05) is 0 Å². The summed E-state index contributed by atoms with van der Waals surface area (Å²) in [7, 11) is 0. The predicted octanol–water partition coefficient (Wildman–Crippen LogP) is -36.0. The summed E-state index contributed by atoms with van der Waals surface area (Å²) in [5.41, 5.74) is 2.72. The molecule has 0 atom stereocenters. The Morgan fingerprint density at radius 2 is 0.296 bits per heavy atom. The van der Waals surface area contributed by atoms with Crippen LogP contribution in [0, 0.1) is 68.0 Å². The van der Waals surface area contributed by atoms with Crippen molar-refractivity contribution in [3.63, 3.8) is 0 Å². The first-order valence-corrected chi connectivity index (χ1v) is 27.6. The maximum absolute atomic E-state index is 10.4. The second-order valence-corrected chi connectivity index (χ2v) is 20.7. The van der Waals surface area contributed by atoms with E-state index in [1.54, 1.807) is 36.4 Å². The number of carboxylic acid groups (broad SMARTS) is 6. The molecule has 6 N–H and O–H groups in total. The molecule has 0 fully saturated rings. The molecule has 0 aliphatic carbocycles. The van der Waals surface area contributed by atoms with Crippen LogP contribution < -0.4 is 925 Å². The van der Waals surface area contributed by atoms with Crippen molar-refractivity contribution in [1.29, 1.82) is 31.6 Å². The van der Waals surface area contributed by atoms with Gasteiger partial charge in [0.05, 0.1) is 93.7 Å². The molecular weight excluding hydrogens is 2130 g/mol. The van der Waals surface area contributed by atoms with Crippen LogP contribution in [-0.4, -0.2) is 66.5 Å². The molecule has 0 spiro atoms. The second-order valence-electron chi connectivity index (χ2n) is 15.8. The number of aliphatic carboxylic acids is 6. The molecule has 0 heterocycles. The van der Waals surface area contributed by atoms with Crippen LogP contribution in [0.4, 0.5) is 0 Å². The fraction of sp³-hybridized carbons (Fsp3) is 0. The van der Waals surface area contributed by atoms with E-state index in [9.17, 15) is 28.8 Å². The SMILES string of the molecule is N#CC(=CC(=O)O)c1ccc(Cl)c(Cl)c1.N#CC(=CC(=O)O)c1ccc(Cl)c(Cl)c1.N#CC(=CC(=O)O)c1ccc(Cl)c(Cl)c1.N#CC(=CC(=O)O)c1ccc(Cl)c(Cl)c1.N#CC(=CC(=O)O)c1ccc(Cl)c(Cl)c1.N#CC(=CC(=O)O)c1ccc(Cl)c(Cl)c1.[K+].[K+].[K+].[K+].[K+].[K+].[K+].[K+].[K+].[K+].[K+].[K+].[K+].[K+].[K+].[K+].[K+].[K+]. The summed E-state index contributed by atoms with van der Waals surface area (Å²) in [5.74, 6) is -7.10. The van der Waals surface area contributed by atoms with Crippen LogP contribution in [0.25, 0.3) is 33.4 Å². The van der Waals surface area contributed by atoms with Gasteiger partial charge in [-0.1, -0.05) is 176 Å². The Balaban J connectivity index is -0.0000000544. The van der Waals surface area contributed by atoms with Crippen LogP contribution in [-0.2, 0) is 28.8 Å². The summed E-state index contributed by atoms with van der Waals surface area (Å²) < 4.78 is 0. The molecule has 6 aromatic carbocycles. The maximum Gasteiger partial charge on any atom is 1.00 e. The molecule has 48 heteroatoms. The van der Waals surface area contributed by atoms with Crippen molar-refractivity contribution in [3.8, 4) is 36.4 Å². The minimum absolute atomic E-state index is 0. The number of hydrogen-bond acceptors (Lipinski definition) is 12. The predicted molar refractivity (Wildman–Crippen MR) is 346 cm³/mol. The van der Waals surface area contributed by atoms with Gasteiger partial charge in [0.1, 0.15) is 36.4 Å². The topological polar surface area (TPSA) is 367 Å². The van der Waals surface area contributed by atoms with Gasteiger partial charge in [0.15, 0.2) is 0 Å². The van der Waals surface area contributed by atoms with Crippen LogP contribution >= 0.6 is 139 Å². The number of nitriles is 6. The number of carboxylic acids is 6. The summed E-state index contributed by atoms with van der Waals surface area (Å²) in [6.45, 7) is 0. The Bertz CT molecular complexity index is 3610. The third-order valence-electron chi connectivity index (χ3n) is 9.71. The first kappa shape index (κ1) is 171. The quantitative estimate of drug-likeness (QED) is 0.0376. The van der Waals surface area contributed by atoms with Crippen LogP contribution in [0.2, 0.25) is 60.3 Å². The monoisotopic (exact) mass is 2150 g/mol. The largest absolute Gasteiger partial charge is 1.00 e. The molecule has 0 bridgehead atoms. The number of halogens is 12. The van der Waals surface area contributed by atoms with Crippen molar-refractivity contribution in [1.82, 2.24) is 0 Å². The number of rotatable bonds is 12. The van der Waals surface area contributed by atoms with E-state index in [1.165, 1.54) is 109 Å². The van der Waals surface area contributed by atoms with E-state index in [0.29, 0.717) is 63.5 Å². The summed E-state index contributed by atoms with van der Waals surface area (Å²) in [5, 5.41) is 107. The molecule has 0 aliphatic heterocycles. The van der Waals surface area contributed by atoms with E-state index in [4.69, 9.17) is 201 Å². The molecule has 0 unspecified atom stereocenters. The molecule has 0 saturated carbocycles. The van der Waals surface area contributed by atoms with Crippen LogP contribution in [0.15, 0.2) is 146 Å². The number of nitrogens with zero attached hydrogens (tertiary/aromatic N) is 6. The van der Waals surface area contributed by atoms with Gasteiger partial charge in [0, 0.05) is 36.5 Å². The van der Waals surface area contributed by atoms with Crippen LogP contribution in [0.1, 0.15) is 33.4 Å². The fourth-order valence-electron chi connectivity index (χ4n) is 5.80. The standard InChI is InChI=1S/6C10H5Cl2NO2.18K/c6*11-8-2-1-6(3-9(8)12)7(5-13)4-10(14)15;;;;;;;;;;;;;;;;;;/h6*1-4H,(H,14,15);;;;;;;;;;;;;;;;;;/q;;;;;;18*+1. The van der Waals surface area contributed by atoms with Crippen molar-refractivity contribution < 1.29 is 984 Å². The zero-order valence-corrected chi connectivity index (χ0v) is 127. The summed E-state index contributed by atoms with van der Waals surface area (Å²) in [6.07, 6.45) is 4.91. The van der Waals surface area contributed by atoms with Gasteiger partial charge in [-0.05, 0) is 106 Å². The zero-order valence-electron chi connectivity index (χ0n) is 62.2. The average Bonchev–Trinajstić information content (AvgIpc) is 0.906. The molecule has 0 radical (unpaired) electrons. The van der Waals surface area contributed by atoms with E-state index in [0.717, 1.165) is 36.5 Å². The number of allylic oxidation sites excluding steroid dienone is 6.